The van der Waals surface area contributed by atoms with Crippen molar-refractivity contribution in [1.82, 2.24) is 14.5 Å². The van der Waals surface area contributed by atoms with Crippen molar-refractivity contribution in [2.75, 3.05) is 33.2 Å². The van der Waals surface area contributed by atoms with E-state index in [0.29, 0.717) is 26.2 Å². The standard InChI is InChI=1S/C21H26ClN3O3S/c1-15-4-6-17(7-5-15)16(2)23-21(26)18-8-9-19(22)20(14-18)29(27,28)25-12-10-24(3)11-13-25/h4-9,14,16H,10-13H2,1-3H3,(H,23,26)/t16-/m0/s1. The molecule has 156 valence electrons. The highest BCUT2D eigenvalue weighted by molar-refractivity contribution is 7.89. The third-order valence-electron chi connectivity index (χ3n) is 5.20. The van der Waals surface area contributed by atoms with Gasteiger partial charge in [-0.25, -0.2) is 8.42 Å². The molecule has 1 amide bonds. The van der Waals surface area contributed by atoms with Crippen LogP contribution >= 0.6 is 11.6 Å². The molecule has 0 bridgehead atoms. The molecule has 0 aromatic heterocycles. The van der Waals surface area contributed by atoms with Crippen LogP contribution in [0, 0.1) is 6.92 Å². The quantitative estimate of drug-likeness (QED) is 0.783. The van der Waals surface area contributed by atoms with E-state index >= 15 is 0 Å². The smallest absolute Gasteiger partial charge is 0.251 e. The monoisotopic (exact) mass is 435 g/mol. The highest BCUT2D eigenvalue weighted by atomic mass is 35.5. The van der Waals surface area contributed by atoms with Gasteiger partial charge in [0, 0.05) is 31.7 Å². The summed E-state index contributed by atoms with van der Waals surface area (Å²) >= 11 is 6.20. The zero-order chi connectivity index (χ0) is 21.2. The minimum atomic E-state index is -3.76. The van der Waals surface area contributed by atoms with Gasteiger partial charge in [-0.1, -0.05) is 41.4 Å². The summed E-state index contributed by atoms with van der Waals surface area (Å²) in [5, 5.41) is 3.04. The maximum absolute atomic E-state index is 13.1. The summed E-state index contributed by atoms with van der Waals surface area (Å²) in [6, 6.07) is 12.1. The Bertz CT molecular complexity index is 985. The molecule has 0 radical (unpaired) electrons. The fraction of sp³-hybridized carbons (Fsp3) is 0.381. The average molecular weight is 436 g/mol. The van der Waals surface area contributed by atoms with Gasteiger partial charge in [-0.3, -0.25) is 4.79 Å². The lowest BCUT2D eigenvalue weighted by molar-refractivity contribution is 0.0939. The Hall–Kier alpha value is -1.93. The van der Waals surface area contributed by atoms with Crippen molar-refractivity contribution >= 4 is 27.5 Å². The number of hydrogen-bond donors (Lipinski definition) is 1. The van der Waals surface area contributed by atoms with Crippen LogP contribution in [0.15, 0.2) is 47.4 Å². The fourth-order valence-corrected chi connectivity index (χ4v) is 5.15. The molecule has 1 atom stereocenters. The molecule has 0 aliphatic carbocycles. The Morgan fingerprint density at radius 3 is 2.31 bits per heavy atom. The molecular weight excluding hydrogens is 410 g/mol. The van der Waals surface area contributed by atoms with Gasteiger partial charge >= 0.3 is 0 Å². The molecule has 0 unspecified atom stereocenters. The number of halogens is 1. The molecule has 3 rings (SSSR count). The highest BCUT2D eigenvalue weighted by Gasteiger charge is 2.30. The van der Waals surface area contributed by atoms with Gasteiger partial charge in [-0.15, -0.1) is 0 Å². The van der Waals surface area contributed by atoms with Gasteiger partial charge in [-0.05, 0) is 44.7 Å². The number of hydrogen-bond acceptors (Lipinski definition) is 4. The summed E-state index contributed by atoms with van der Waals surface area (Å²) in [6.45, 7) is 6.01. The lowest BCUT2D eigenvalue weighted by Gasteiger charge is -2.31. The maximum Gasteiger partial charge on any atom is 0.251 e. The van der Waals surface area contributed by atoms with Gasteiger partial charge in [0.05, 0.1) is 11.1 Å². The molecular formula is C21H26ClN3O3S. The maximum atomic E-state index is 13.1. The number of rotatable bonds is 5. The van der Waals surface area contributed by atoms with Crippen LogP contribution < -0.4 is 5.32 Å². The topological polar surface area (TPSA) is 69.7 Å². The summed E-state index contributed by atoms with van der Waals surface area (Å²) in [4.78, 5) is 14.8. The summed E-state index contributed by atoms with van der Waals surface area (Å²) < 4.78 is 27.5. The Labute approximate surface area is 177 Å². The number of aryl methyl sites for hydroxylation is 1. The van der Waals surface area contributed by atoms with Crippen LogP contribution in [0.3, 0.4) is 0 Å². The van der Waals surface area contributed by atoms with E-state index in [1.165, 1.54) is 16.4 Å². The van der Waals surface area contributed by atoms with E-state index in [9.17, 15) is 13.2 Å². The molecule has 6 nitrogen and oxygen atoms in total. The van der Waals surface area contributed by atoms with E-state index in [0.717, 1.165) is 11.1 Å². The average Bonchev–Trinajstić information content (AvgIpc) is 2.69. The molecule has 1 N–H and O–H groups in total. The van der Waals surface area contributed by atoms with Crippen molar-refractivity contribution < 1.29 is 13.2 Å². The first-order valence-corrected chi connectivity index (χ1v) is 11.4. The molecule has 8 heteroatoms. The number of benzene rings is 2. The van der Waals surface area contributed by atoms with Crippen LogP contribution in [0.5, 0.6) is 0 Å². The van der Waals surface area contributed by atoms with Crippen LogP contribution in [0.1, 0.15) is 34.5 Å². The SMILES string of the molecule is Cc1ccc([C@H](C)NC(=O)c2ccc(Cl)c(S(=O)(=O)N3CCN(C)CC3)c2)cc1. The number of amides is 1. The Morgan fingerprint density at radius 2 is 1.69 bits per heavy atom. The van der Waals surface area contributed by atoms with Crippen LogP contribution in [-0.4, -0.2) is 56.8 Å². The number of nitrogens with zero attached hydrogens (tertiary/aromatic N) is 2. The summed E-state index contributed by atoms with van der Waals surface area (Å²) in [6.07, 6.45) is 0. The van der Waals surface area contributed by atoms with Crippen molar-refractivity contribution in [3.63, 3.8) is 0 Å². The third kappa shape index (κ3) is 4.98. The van der Waals surface area contributed by atoms with Gasteiger partial charge in [0.15, 0.2) is 0 Å². The predicted molar refractivity (Wildman–Crippen MR) is 115 cm³/mol. The van der Waals surface area contributed by atoms with E-state index in [4.69, 9.17) is 11.6 Å². The number of nitrogens with one attached hydrogen (secondary N) is 1. The number of carbonyl (C=O) groups excluding carboxylic acids is 1. The Balaban J connectivity index is 1.80. The summed E-state index contributed by atoms with van der Waals surface area (Å²) in [7, 11) is -1.81. The second-order valence-electron chi connectivity index (χ2n) is 7.46. The van der Waals surface area contributed by atoms with E-state index in [-0.39, 0.29) is 27.4 Å². The van der Waals surface area contributed by atoms with E-state index in [1.807, 2.05) is 45.2 Å². The second-order valence-corrected chi connectivity index (χ2v) is 9.77. The third-order valence-corrected chi connectivity index (χ3v) is 7.58. The van der Waals surface area contributed by atoms with Crippen molar-refractivity contribution in [2.24, 2.45) is 0 Å². The van der Waals surface area contributed by atoms with Crippen LogP contribution in [0.2, 0.25) is 5.02 Å². The molecule has 2 aromatic carbocycles. The van der Waals surface area contributed by atoms with Crippen LogP contribution in [-0.2, 0) is 10.0 Å². The van der Waals surface area contributed by atoms with Gasteiger partial charge in [0.25, 0.3) is 5.91 Å². The predicted octanol–water partition coefficient (Wildman–Crippen LogP) is 3.08. The first-order valence-electron chi connectivity index (χ1n) is 9.54. The minimum absolute atomic E-state index is 0.0284. The molecule has 0 spiro atoms. The number of sulfonamides is 1. The van der Waals surface area contributed by atoms with Gasteiger partial charge < -0.3 is 10.2 Å². The largest absolute Gasteiger partial charge is 0.346 e. The minimum Gasteiger partial charge on any atom is -0.346 e. The van der Waals surface area contributed by atoms with Crippen molar-refractivity contribution in [3.05, 3.63) is 64.2 Å². The second kappa shape index (κ2) is 8.83. The first-order chi connectivity index (χ1) is 13.7. The highest BCUT2D eigenvalue weighted by Crippen LogP contribution is 2.27. The van der Waals surface area contributed by atoms with Gasteiger partial charge in [0.2, 0.25) is 10.0 Å². The van der Waals surface area contributed by atoms with Crippen molar-refractivity contribution in [1.29, 1.82) is 0 Å². The lowest BCUT2D eigenvalue weighted by Crippen LogP contribution is -2.47. The zero-order valence-corrected chi connectivity index (χ0v) is 18.4. The van der Waals surface area contributed by atoms with Crippen LogP contribution in [0.25, 0.3) is 0 Å². The van der Waals surface area contributed by atoms with E-state index in [2.05, 4.69) is 10.2 Å². The molecule has 0 saturated carbocycles. The normalized spacial score (nSPS) is 17.1. The number of piperazine rings is 1. The first kappa shape index (κ1) is 21.8. The molecule has 1 aliphatic rings. The fourth-order valence-electron chi connectivity index (χ4n) is 3.23. The van der Waals surface area contributed by atoms with E-state index in [1.54, 1.807) is 6.07 Å². The Morgan fingerprint density at radius 1 is 1.07 bits per heavy atom. The molecule has 29 heavy (non-hydrogen) atoms. The van der Waals surface area contributed by atoms with Gasteiger partial charge in [0.1, 0.15) is 4.90 Å². The molecule has 2 aromatic rings. The molecule has 1 fully saturated rings. The summed E-state index contributed by atoms with van der Waals surface area (Å²) in [5.74, 6) is -0.343. The Kier molecular flexibility index (Phi) is 6.63. The van der Waals surface area contributed by atoms with E-state index < -0.39 is 10.0 Å². The van der Waals surface area contributed by atoms with Crippen molar-refractivity contribution in [3.8, 4) is 0 Å². The number of carbonyl (C=O) groups is 1. The lowest BCUT2D eigenvalue weighted by atomic mass is 10.1. The van der Waals surface area contributed by atoms with Crippen molar-refractivity contribution in [2.45, 2.75) is 24.8 Å². The molecule has 1 saturated heterocycles. The number of likely N-dealkylation sites (N-methyl/N-ethyl adjacent to an activating group) is 1. The summed E-state index contributed by atoms with van der Waals surface area (Å²) in [5.41, 5.74) is 2.38. The van der Waals surface area contributed by atoms with Crippen LogP contribution in [0.4, 0.5) is 0 Å². The molecule has 1 aliphatic heterocycles. The zero-order valence-electron chi connectivity index (χ0n) is 16.9. The van der Waals surface area contributed by atoms with Gasteiger partial charge in [-0.2, -0.15) is 4.31 Å². The molecule has 1 heterocycles.